The van der Waals surface area contributed by atoms with Gasteiger partial charge in [-0.3, -0.25) is 0 Å². The van der Waals surface area contributed by atoms with E-state index in [2.05, 4.69) is 15.3 Å². The Morgan fingerprint density at radius 1 is 1.54 bits per heavy atom. The van der Waals surface area contributed by atoms with Gasteiger partial charge in [0.2, 0.25) is 0 Å². The second-order valence-electron chi connectivity index (χ2n) is 3.17. The molecule has 2 rings (SSSR count). The average molecular weight is 224 g/mol. The van der Waals surface area contributed by atoms with Gasteiger partial charge in [0.25, 0.3) is 0 Å². The summed E-state index contributed by atoms with van der Waals surface area (Å²) in [7, 11) is 0. The van der Waals surface area contributed by atoms with Crippen LogP contribution in [0.15, 0.2) is 6.20 Å². The lowest BCUT2D eigenvalue weighted by Crippen LogP contribution is -2.16. The second-order valence-corrected chi connectivity index (χ2v) is 3.17. The van der Waals surface area contributed by atoms with Gasteiger partial charge in [0.05, 0.1) is 6.54 Å². The summed E-state index contributed by atoms with van der Waals surface area (Å²) in [5.74, 6) is 1.05. The molecular formula is C8H15Cl2N3. The third kappa shape index (κ3) is 3.98. The van der Waals surface area contributed by atoms with Crippen LogP contribution in [0.5, 0.6) is 0 Å². The first kappa shape index (κ1) is 12.8. The van der Waals surface area contributed by atoms with Crippen molar-refractivity contribution in [3.63, 3.8) is 0 Å². The Bertz CT molecular complexity index is 245. The average Bonchev–Trinajstić information content (AvgIpc) is 2.72. The zero-order chi connectivity index (χ0) is 7.68. The van der Waals surface area contributed by atoms with Crippen LogP contribution in [0, 0.1) is 6.92 Å². The van der Waals surface area contributed by atoms with Gasteiger partial charge in [0.1, 0.15) is 5.82 Å². The summed E-state index contributed by atoms with van der Waals surface area (Å²) in [6, 6.07) is 0.764. The Morgan fingerprint density at radius 3 is 2.69 bits per heavy atom. The highest BCUT2D eigenvalue weighted by Crippen LogP contribution is 2.18. The van der Waals surface area contributed by atoms with E-state index in [-0.39, 0.29) is 24.8 Å². The largest absolute Gasteiger partial charge is 0.345 e. The molecule has 0 spiro atoms. The number of hydrogen-bond donors (Lipinski definition) is 2. The first-order valence-corrected chi connectivity index (χ1v) is 4.08. The van der Waals surface area contributed by atoms with Crippen molar-refractivity contribution in [2.24, 2.45) is 0 Å². The van der Waals surface area contributed by atoms with Gasteiger partial charge in [0.15, 0.2) is 0 Å². The molecule has 0 amide bonds. The fourth-order valence-electron chi connectivity index (χ4n) is 1.09. The van der Waals surface area contributed by atoms with Crippen molar-refractivity contribution < 1.29 is 0 Å². The van der Waals surface area contributed by atoms with Gasteiger partial charge in [-0.15, -0.1) is 24.8 Å². The van der Waals surface area contributed by atoms with Gasteiger partial charge in [-0.2, -0.15) is 0 Å². The number of aromatic nitrogens is 2. The van der Waals surface area contributed by atoms with Crippen molar-refractivity contribution in [2.45, 2.75) is 32.4 Å². The van der Waals surface area contributed by atoms with Crippen molar-refractivity contribution in [3.05, 3.63) is 17.7 Å². The van der Waals surface area contributed by atoms with Gasteiger partial charge in [0, 0.05) is 17.9 Å². The Morgan fingerprint density at radius 2 is 2.23 bits per heavy atom. The minimum Gasteiger partial charge on any atom is -0.345 e. The number of nitrogens with one attached hydrogen (secondary N) is 2. The van der Waals surface area contributed by atoms with Crippen LogP contribution in [0.3, 0.4) is 0 Å². The van der Waals surface area contributed by atoms with Crippen molar-refractivity contribution in [1.29, 1.82) is 0 Å². The molecule has 1 aromatic heterocycles. The molecule has 13 heavy (non-hydrogen) atoms. The molecular weight excluding hydrogens is 209 g/mol. The van der Waals surface area contributed by atoms with Crippen LogP contribution >= 0.6 is 24.8 Å². The smallest absolute Gasteiger partial charge is 0.120 e. The normalized spacial score (nSPS) is 14.5. The molecule has 1 aliphatic rings. The van der Waals surface area contributed by atoms with E-state index in [9.17, 15) is 0 Å². The molecule has 1 aliphatic carbocycles. The molecule has 1 fully saturated rings. The number of halogens is 2. The van der Waals surface area contributed by atoms with Crippen LogP contribution < -0.4 is 5.32 Å². The first-order valence-electron chi connectivity index (χ1n) is 4.08. The molecule has 2 N–H and O–H groups in total. The van der Waals surface area contributed by atoms with Crippen molar-refractivity contribution in [3.8, 4) is 0 Å². The van der Waals surface area contributed by atoms with E-state index in [1.165, 1.54) is 12.8 Å². The van der Waals surface area contributed by atoms with E-state index in [1.54, 1.807) is 0 Å². The van der Waals surface area contributed by atoms with E-state index in [4.69, 9.17) is 0 Å². The number of imidazole rings is 1. The molecule has 76 valence electrons. The molecule has 0 bridgehead atoms. The standard InChI is InChI=1S/C8H13N3.2ClH/c1-6-4-10-8(11-6)5-9-7-2-3-7;;/h4,7,9H,2-3,5H2,1H3,(H,10,11);2*1H. The number of hydrogen-bond acceptors (Lipinski definition) is 2. The Kier molecular flexibility index (Phi) is 5.37. The quantitative estimate of drug-likeness (QED) is 0.822. The van der Waals surface area contributed by atoms with Crippen LogP contribution in [-0.4, -0.2) is 16.0 Å². The van der Waals surface area contributed by atoms with Crippen molar-refractivity contribution >= 4 is 24.8 Å². The van der Waals surface area contributed by atoms with E-state index in [0.717, 1.165) is 24.1 Å². The van der Waals surface area contributed by atoms with E-state index in [1.807, 2.05) is 13.1 Å². The lowest BCUT2D eigenvalue weighted by molar-refractivity contribution is 0.663. The lowest BCUT2D eigenvalue weighted by atomic mass is 10.5. The molecule has 0 saturated heterocycles. The van der Waals surface area contributed by atoms with Crippen LogP contribution in [0.4, 0.5) is 0 Å². The zero-order valence-electron chi connectivity index (χ0n) is 7.54. The van der Waals surface area contributed by atoms with E-state index >= 15 is 0 Å². The summed E-state index contributed by atoms with van der Waals surface area (Å²) >= 11 is 0. The molecule has 1 aromatic rings. The predicted octanol–water partition coefficient (Wildman–Crippen LogP) is 1.81. The maximum atomic E-state index is 4.20. The van der Waals surface area contributed by atoms with Crippen molar-refractivity contribution in [2.75, 3.05) is 0 Å². The SMILES string of the molecule is Cc1cnc(CNC2CC2)[nH]1.Cl.Cl. The van der Waals surface area contributed by atoms with Gasteiger partial charge in [-0.05, 0) is 19.8 Å². The third-order valence-electron chi connectivity index (χ3n) is 1.89. The summed E-state index contributed by atoms with van der Waals surface area (Å²) in [5.41, 5.74) is 1.14. The molecule has 3 nitrogen and oxygen atoms in total. The van der Waals surface area contributed by atoms with Gasteiger partial charge in [-0.25, -0.2) is 4.98 Å². The number of aryl methyl sites for hydroxylation is 1. The maximum absolute atomic E-state index is 4.20. The summed E-state index contributed by atoms with van der Waals surface area (Å²) < 4.78 is 0. The highest BCUT2D eigenvalue weighted by atomic mass is 35.5. The van der Waals surface area contributed by atoms with Gasteiger partial charge < -0.3 is 10.3 Å². The molecule has 0 aromatic carbocycles. The van der Waals surface area contributed by atoms with Crippen LogP contribution in [0.2, 0.25) is 0 Å². The third-order valence-corrected chi connectivity index (χ3v) is 1.89. The minimum absolute atomic E-state index is 0. The topological polar surface area (TPSA) is 40.7 Å². The number of aromatic amines is 1. The number of rotatable bonds is 3. The van der Waals surface area contributed by atoms with E-state index < -0.39 is 0 Å². The Balaban J connectivity index is 0.000000720. The number of nitrogens with zero attached hydrogens (tertiary/aromatic N) is 1. The maximum Gasteiger partial charge on any atom is 0.120 e. The molecule has 5 heteroatoms. The summed E-state index contributed by atoms with van der Waals surface area (Å²) in [5, 5.41) is 3.39. The highest BCUT2D eigenvalue weighted by Gasteiger charge is 2.20. The van der Waals surface area contributed by atoms with Gasteiger partial charge >= 0.3 is 0 Å². The Hall–Kier alpha value is -0.250. The summed E-state index contributed by atoms with van der Waals surface area (Å²) in [6.45, 7) is 2.91. The Labute approximate surface area is 90.5 Å². The van der Waals surface area contributed by atoms with Gasteiger partial charge in [-0.1, -0.05) is 0 Å². The molecule has 0 atom stereocenters. The van der Waals surface area contributed by atoms with Crippen molar-refractivity contribution in [1.82, 2.24) is 15.3 Å². The minimum atomic E-state index is 0. The molecule has 0 unspecified atom stereocenters. The predicted molar refractivity (Wildman–Crippen MR) is 57.7 cm³/mol. The van der Waals surface area contributed by atoms with Crippen LogP contribution in [-0.2, 0) is 6.54 Å². The molecule has 0 radical (unpaired) electrons. The van der Waals surface area contributed by atoms with E-state index in [0.29, 0.717) is 0 Å². The molecule has 1 heterocycles. The highest BCUT2D eigenvalue weighted by molar-refractivity contribution is 5.85. The first-order chi connectivity index (χ1) is 5.34. The molecule has 1 saturated carbocycles. The summed E-state index contributed by atoms with van der Waals surface area (Å²) in [4.78, 5) is 7.38. The monoisotopic (exact) mass is 223 g/mol. The lowest BCUT2D eigenvalue weighted by Gasteiger charge is -1.96. The van der Waals surface area contributed by atoms with Crippen LogP contribution in [0.1, 0.15) is 24.4 Å². The fraction of sp³-hybridized carbons (Fsp3) is 0.625. The molecule has 0 aliphatic heterocycles. The second kappa shape index (κ2) is 5.47. The summed E-state index contributed by atoms with van der Waals surface area (Å²) in [6.07, 6.45) is 4.53. The number of H-pyrrole nitrogens is 1. The van der Waals surface area contributed by atoms with Crippen LogP contribution in [0.25, 0.3) is 0 Å². The zero-order valence-corrected chi connectivity index (χ0v) is 9.17. The fourth-order valence-corrected chi connectivity index (χ4v) is 1.09.